The fraction of sp³-hybridized carbons (Fsp3) is 0.667. The summed E-state index contributed by atoms with van der Waals surface area (Å²) in [7, 11) is -3.42. The molecule has 2 atom stereocenters. The van der Waals surface area contributed by atoms with Crippen LogP contribution in [0.1, 0.15) is 13.3 Å². The average Bonchev–Trinajstić information content (AvgIpc) is 2.75. The van der Waals surface area contributed by atoms with Gasteiger partial charge < -0.3 is 0 Å². The number of rotatable bonds is 2. The summed E-state index contributed by atoms with van der Waals surface area (Å²) in [5, 5.41) is 6.04. The Morgan fingerprint density at radius 2 is 2.38 bits per heavy atom. The van der Waals surface area contributed by atoms with Crippen LogP contribution in [0, 0.1) is 5.92 Å². The fourth-order valence-corrected chi connectivity index (χ4v) is 3.50. The van der Waals surface area contributed by atoms with Gasteiger partial charge in [0.2, 0.25) is 10.0 Å². The highest BCUT2D eigenvalue weighted by atomic mass is 35.5. The Bertz CT molecular complexity index is 445. The Labute approximate surface area is 99.8 Å². The van der Waals surface area contributed by atoms with E-state index in [-0.39, 0.29) is 10.3 Å². The van der Waals surface area contributed by atoms with Crippen molar-refractivity contribution in [2.75, 3.05) is 13.1 Å². The molecule has 1 N–H and O–H groups in total. The van der Waals surface area contributed by atoms with Crippen molar-refractivity contribution < 1.29 is 8.42 Å². The predicted octanol–water partition coefficient (Wildman–Crippen LogP) is 1.05. The summed E-state index contributed by atoms with van der Waals surface area (Å²) in [6.45, 7) is 2.94. The molecule has 2 heterocycles. The molecule has 0 bridgehead atoms. The number of nitrogens with one attached hydrogen (secondary N) is 1. The second-order valence-corrected chi connectivity index (χ2v) is 6.58. The van der Waals surface area contributed by atoms with Crippen molar-refractivity contribution in [3.05, 3.63) is 12.4 Å². The van der Waals surface area contributed by atoms with E-state index in [1.807, 2.05) is 6.92 Å². The van der Waals surface area contributed by atoms with Gasteiger partial charge in [-0.3, -0.25) is 5.10 Å². The third-order valence-corrected chi connectivity index (χ3v) is 5.34. The Morgan fingerprint density at radius 1 is 1.62 bits per heavy atom. The van der Waals surface area contributed by atoms with Gasteiger partial charge in [-0.1, -0.05) is 6.92 Å². The number of aromatic amines is 1. The lowest BCUT2D eigenvalue weighted by Gasteiger charge is -2.32. The van der Waals surface area contributed by atoms with Crippen molar-refractivity contribution in [1.29, 1.82) is 0 Å². The van der Waals surface area contributed by atoms with Crippen LogP contribution in [0.5, 0.6) is 0 Å². The average molecular weight is 264 g/mol. The summed E-state index contributed by atoms with van der Waals surface area (Å²) in [6, 6.07) is 0. The first-order chi connectivity index (χ1) is 7.51. The van der Waals surface area contributed by atoms with E-state index in [2.05, 4.69) is 10.2 Å². The lowest BCUT2D eigenvalue weighted by molar-refractivity contribution is 0.293. The summed E-state index contributed by atoms with van der Waals surface area (Å²) in [4.78, 5) is 0.200. The Hall–Kier alpha value is -0.590. The molecule has 0 aliphatic carbocycles. The number of hydrogen-bond donors (Lipinski definition) is 1. The van der Waals surface area contributed by atoms with Gasteiger partial charge in [-0.25, -0.2) is 8.42 Å². The first kappa shape index (κ1) is 11.9. The molecule has 1 saturated heterocycles. The molecule has 0 amide bonds. The van der Waals surface area contributed by atoms with Gasteiger partial charge in [0.05, 0.1) is 6.20 Å². The van der Waals surface area contributed by atoms with Crippen LogP contribution in [0.2, 0.25) is 0 Å². The monoisotopic (exact) mass is 263 g/mol. The maximum absolute atomic E-state index is 12.1. The first-order valence-electron chi connectivity index (χ1n) is 5.15. The SMILES string of the molecule is CC1CCN(S(=O)(=O)c2cn[nH]c2)CC1Cl. The molecule has 1 aromatic rings. The van der Waals surface area contributed by atoms with Crippen LogP contribution in [0.4, 0.5) is 0 Å². The lowest BCUT2D eigenvalue weighted by Crippen LogP contribution is -2.43. The highest BCUT2D eigenvalue weighted by Crippen LogP contribution is 2.26. The van der Waals surface area contributed by atoms with Gasteiger partial charge in [0.25, 0.3) is 0 Å². The molecule has 2 rings (SSSR count). The number of alkyl halides is 1. The maximum Gasteiger partial charge on any atom is 0.246 e. The molecule has 90 valence electrons. The third kappa shape index (κ3) is 2.09. The van der Waals surface area contributed by atoms with Crippen molar-refractivity contribution in [3.8, 4) is 0 Å². The quantitative estimate of drug-likeness (QED) is 0.811. The van der Waals surface area contributed by atoms with Crippen LogP contribution < -0.4 is 0 Å². The largest absolute Gasteiger partial charge is 0.284 e. The molecule has 2 unspecified atom stereocenters. The number of halogens is 1. The van der Waals surface area contributed by atoms with Gasteiger partial charge in [-0.15, -0.1) is 11.6 Å². The Morgan fingerprint density at radius 3 is 2.94 bits per heavy atom. The molecule has 0 spiro atoms. The molecule has 1 fully saturated rings. The summed E-state index contributed by atoms with van der Waals surface area (Å²) in [5.41, 5.74) is 0. The van der Waals surface area contributed by atoms with Crippen LogP contribution in [0.3, 0.4) is 0 Å². The molecular formula is C9H14ClN3O2S. The maximum atomic E-state index is 12.1. The Balaban J connectivity index is 2.20. The molecule has 7 heteroatoms. The molecule has 16 heavy (non-hydrogen) atoms. The Kier molecular flexibility index (Phi) is 3.23. The van der Waals surface area contributed by atoms with Crippen LogP contribution in [-0.4, -0.2) is 41.4 Å². The number of hydrogen-bond acceptors (Lipinski definition) is 3. The molecule has 0 saturated carbocycles. The van der Waals surface area contributed by atoms with Gasteiger partial charge in [-0.2, -0.15) is 9.40 Å². The molecule has 1 aliphatic rings. The number of piperidine rings is 1. The van der Waals surface area contributed by atoms with Gasteiger partial charge in [0.15, 0.2) is 0 Å². The highest BCUT2D eigenvalue weighted by Gasteiger charge is 2.33. The van der Waals surface area contributed by atoms with Crippen molar-refractivity contribution >= 4 is 21.6 Å². The molecule has 0 aromatic carbocycles. The minimum atomic E-state index is -3.42. The minimum absolute atomic E-state index is 0.115. The zero-order valence-corrected chi connectivity index (χ0v) is 10.5. The lowest BCUT2D eigenvalue weighted by atomic mass is 10.0. The fourth-order valence-electron chi connectivity index (χ4n) is 1.74. The van der Waals surface area contributed by atoms with Crippen molar-refractivity contribution in [2.24, 2.45) is 5.92 Å². The number of nitrogens with zero attached hydrogens (tertiary/aromatic N) is 2. The zero-order chi connectivity index (χ0) is 11.8. The first-order valence-corrected chi connectivity index (χ1v) is 7.02. The van der Waals surface area contributed by atoms with Crippen molar-refractivity contribution in [2.45, 2.75) is 23.6 Å². The standard InChI is InChI=1S/C9H14ClN3O2S/c1-7-2-3-13(6-9(7)10)16(14,15)8-4-11-12-5-8/h4-5,7,9H,2-3,6H2,1H3,(H,11,12). The second-order valence-electron chi connectivity index (χ2n) is 4.08. The second kappa shape index (κ2) is 4.35. The molecular weight excluding hydrogens is 250 g/mol. The van der Waals surface area contributed by atoms with Crippen LogP contribution in [0.25, 0.3) is 0 Å². The molecule has 1 aromatic heterocycles. The number of sulfonamides is 1. The summed E-state index contributed by atoms with van der Waals surface area (Å²) in [6.07, 6.45) is 3.50. The van der Waals surface area contributed by atoms with E-state index >= 15 is 0 Å². The van der Waals surface area contributed by atoms with Gasteiger partial charge in [0.1, 0.15) is 4.90 Å². The molecule has 1 aliphatic heterocycles. The van der Waals surface area contributed by atoms with Gasteiger partial charge in [0, 0.05) is 24.7 Å². The van der Waals surface area contributed by atoms with E-state index in [0.717, 1.165) is 6.42 Å². The van der Waals surface area contributed by atoms with E-state index in [1.54, 1.807) is 0 Å². The number of aromatic nitrogens is 2. The topological polar surface area (TPSA) is 66.1 Å². The molecule has 5 nitrogen and oxygen atoms in total. The van der Waals surface area contributed by atoms with Gasteiger partial charge in [-0.05, 0) is 12.3 Å². The van der Waals surface area contributed by atoms with E-state index < -0.39 is 10.0 Å². The van der Waals surface area contributed by atoms with Crippen LogP contribution in [-0.2, 0) is 10.0 Å². The van der Waals surface area contributed by atoms with Crippen LogP contribution >= 0.6 is 11.6 Å². The summed E-state index contributed by atoms with van der Waals surface area (Å²) >= 11 is 6.10. The van der Waals surface area contributed by atoms with Gasteiger partial charge >= 0.3 is 0 Å². The minimum Gasteiger partial charge on any atom is -0.284 e. The number of H-pyrrole nitrogens is 1. The van der Waals surface area contributed by atoms with E-state index in [0.29, 0.717) is 19.0 Å². The summed E-state index contributed by atoms with van der Waals surface area (Å²) < 4.78 is 25.6. The van der Waals surface area contributed by atoms with E-state index in [1.165, 1.54) is 16.7 Å². The summed E-state index contributed by atoms with van der Waals surface area (Å²) in [5.74, 6) is 0.359. The van der Waals surface area contributed by atoms with Crippen molar-refractivity contribution in [3.63, 3.8) is 0 Å². The highest BCUT2D eigenvalue weighted by molar-refractivity contribution is 7.89. The van der Waals surface area contributed by atoms with E-state index in [9.17, 15) is 8.42 Å². The normalized spacial score (nSPS) is 28.1. The smallest absolute Gasteiger partial charge is 0.246 e. The van der Waals surface area contributed by atoms with E-state index in [4.69, 9.17) is 11.6 Å². The zero-order valence-electron chi connectivity index (χ0n) is 8.93. The predicted molar refractivity (Wildman–Crippen MR) is 60.8 cm³/mol. The third-order valence-electron chi connectivity index (χ3n) is 2.94. The van der Waals surface area contributed by atoms with Crippen molar-refractivity contribution in [1.82, 2.24) is 14.5 Å². The molecule has 0 radical (unpaired) electrons. The van der Waals surface area contributed by atoms with Crippen LogP contribution in [0.15, 0.2) is 17.3 Å².